The van der Waals surface area contributed by atoms with E-state index in [4.69, 9.17) is 19.9 Å². The summed E-state index contributed by atoms with van der Waals surface area (Å²) < 4.78 is 0. The third kappa shape index (κ3) is 6.61. The maximum Gasteiger partial charge on any atom is 2.00 e. The Hall–Kier alpha value is -6.89. The van der Waals surface area contributed by atoms with E-state index in [0.29, 0.717) is 30.5 Å². The number of benzene rings is 4. The molecule has 0 saturated heterocycles. The molecule has 0 aliphatic carbocycles. The summed E-state index contributed by atoms with van der Waals surface area (Å²) in [7, 11) is 0. The molecule has 0 fully saturated rings. The molecule has 3 aliphatic rings. The van der Waals surface area contributed by atoms with Crippen LogP contribution < -0.4 is 9.97 Å². The van der Waals surface area contributed by atoms with Crippen LogP contribution in [0.3, 0.4) is 0 Å². The molecule has 3 aliphatic heterocycles. The molecule has 0 unspecified atom stereocenters. The maximum absolute atomic E-state index is 13.1. The van der Waals surface area contributed by atoms with Crippen molar-refractivity contribution in [2.24, 2.45) is 0 Å². The van der Waals surface area contributed by atoms with Crippen LogP contribution in [0, 0.1) is 0 Å². The summed E-state index contributed by atoms with van der Waals surface area (Å²) in [6.07, 6.45) is 10.3. The zero-order valence-corrected chi connectivity index (χ0v) is 32.3. The number of amides is 2. The Bertz CT molecular complexity index is 2880. The number of carbonyl (C=O) groups excluding carboxylic acids is 2. The number of nitrogens with zero attached hydrogens (tertiary/aromatic N) is 5. The molecule has 0 atom stereocenters. The van der Waals surface area contributed by atoms with Crippen LogP contribution in [-0.4, -0.2) is 33.2 Å². The van der Waals surface area contributed by atoms with Crippen molar-refractivity contribution in [1.82, 2.24) is 24.8 Å². The summed E-state index contributed by atoms with van der Waals surface area (Å²) >= 11 is 0. The van der Waals surface area contributed by atoms with E-state index < -0.39 is 0 Å². The van der Waals surface area contributed by atoms with Crippen LogP contribution >= 0.6 is 0 Å². The molecule has 0 spiro atoms. The van der Waals surface area contributed by atoms with Crippen LogP contribution in [0.4, 0.5) is 0 Å². The van der Waals surface area contributed by atoms with Crippen molar-refractivity contribution in [3.8, 4) is 33.4 Å². The van der Waals surface area contributed by atoms with Crippen molar-refractivity contribution < 1.29 is 26.1 Å². The smallest absolute Gasteiger partial charge is 0.657 e. The Kier molecular flexibility index (Phi) is 9.86. The van der Waals surface area contributed by atoms with Crippen molar-refractivity contribution >= 4 is 58.2 Å². The predicted octanol–water partition coefficient (Wildman–Crippen LogP) is 10.5. The van der Waals surface area contributed by atoms with Crippen LogP contribution in [0.2, 0.25) is 0 Å². The second-order valence-corrected chi connectivity index (χ2v) is 14.3. The van der Waals surface area contributed by atoms with Gasteiger partial charge >= 0.3 is 16.5 Å². The SMILES string of the molecule is O=C1c2ccccc2C(=O)N1CCCCc1c2nc(c(-c3ccccc3)c3ccc([n-]3)c(-c3ccccc3)c3nc(c(-c4ccccc4)c4ccc1[n-]4)C=C3)C=C2.[Ni+2]. The molecule has 0 N–H and O–H groups in total. The molecule has 4 aromatic carbocycles. The molecule has 10 rings (SSSR count). The Labute approximate surface area is 345 Å². The first-order valence-corrected chi connectivity index (χ1v) is 19.3. The summed E-state index contributed by atoms with van der Waals surface area (Å²) in [4.78, 5) is 48.9. The van der Waals surface area contributed by atoms with Crippen molar-refractivity contribution in [2.45, 2.75) is 19.3 Å². The van der Waals surface area contributed by atoms with Crippen molar-refractivity contribution in [2.75, 3.05) is 6.54 Å². The van der Waals surface area contributed by atoms with Gasteiger partial charge in [-0.2, -0.15) is 0 Å². The van der Waals surface area contributed by atoms with E-state index in [9.17, 15) is 9.59 Å². The monoisotopic (exact) mass is 795 g/mol. The van der Waals surface area contributed by atoms with E-state index >= 15 is 0 Å². The van der Waals surface area contributed by atoms with Gasteiger partial charge in [-0.15, -0.1) is 22.1 Å². The zero-order chi connectivity index (χ0) is 38.3. The molecule has 7 aromatic rings. The van der Waals surface area contributed by atoms with Gasteiger partial charge in [0.15, 0.2) is 0 Å². The summed E-state index contributed by atoms with van der Waals surface area (Å²) in [5, 5.41) is 0. The molecular formula is C50H35N5NiO2. The first-order chi connectivity index (χ1) is 28.1. The molecule has 0 saturated carbocycles. The predicted molar refractivity (Wildman–Crippen MR) is 228 cm³/mol. The van der Waals surface area contributed by atoms with Crippen molar-refractivity contribution in [3.05, 3.63) is 179 Å². The second kappa shape index (κ2) is 15.6. The molecule has 58 heavy (non-hydrogen) atoms. The van der Waals surface area contributed by atoms with Crippen LogP contribution in [0.5, 0.6) is 0 Å². The number of aromatic nitrogens is 4. The minimum atomic E-state index is -0.229. The second-order valence-electron chi connectivity index (χ2n) is 14.3. The van der Waals surface area contributed by atoms with Gasteiger partial charge in [-0.25, -0.2) is 9.97 Å². The van der Waals surface area contributed by atoms with Gasteiger partial charge in [0.1, 0.15) is 0 Å². The van der Waals surface area contributed by atoms with Gasteiger partial charge in [-0.05, 0) is 94.6 Å². The number of unbranched alkanes of at least 4 members (excludes halogenated alkanes) is 1. The first-order valence-electron chi connectivity index (χ1n) is 19.3. The third-order valence-corrected chi connectivity index (χ3v) is 10.8. The number of hydrogen-bond acceptors (Lipinski definition) is 4. The number of hydrogen-bond donors (Lipinski definition) is 0. The van der Waals surface area contributed by atoms with Gasteiger partial charge in [0.2, 0.25) is 0 Å². The quantitative estimate of drug-likeness (QED) is 0.0864. The van der Waals surface area contributed by atoms with Crippen molar-refractivity contribution in [1.29, 1.82) is 0 Å². The van der Waals surface area contributed by atoms with E-state index in [2.05, 4.69) is 85.0 Å². The van der Waals surface area contributed by atoms with Gasteiger partial charge < -0.3 is 9.97 Å². The Morgan fingerprint density at radius 1 is 0.431 bits per heavy atom. The minimum absolute atomic E-state index is 0. The summed E-state index contributed by atoms with van der Waals surface area (Å²) in [5.41, 5.74) is 14.4. The van der Waals surface area contributed by atoms with Gasteiger partial charge in [0.05, 0.1) is 33.9 Å². The number of fused-ring (bicyclic) bond motifs is 9. The average molecular weight is 797 g/mol. The third-order valence-electron chi connectivity index (χ3n) is 10.8. The molecule has 0 radical (unpaired) electrons. The Morgan fingerprint density at radius 2 is 0.810 bits per heavy atom. The van der Waals surface area contributed by atoms with Crippen LogP contribution in [0.15, 0.2) is 140 Å². The molecule has 282 valence electrons. The maximum atomic E-state index is 13.1. The van der Waals surface area contributed by atoms with E-state index in [-0.39, 0.29) is 28.3 Å². The molecular weight excluding hydrogens is 761 g/mol. The van der Waals surface area contributed by atoms with Crippen molar-refractivity contribution in [3.63, 3.8) is 0 Å². The standard InChI is InChI=1S/C50H35N5O2.Ni/c56-49-35-20-10-11-21-36(35)50(57)55(49)31-13-12-22-37-38-23-25-40(51-38)46(32-14-4-1-5-15-32)42-27-29-44(53-42)48(34-18-8-3-9-19-34)45-30-28-43(54-45)47(33-16-6-2-7-17-33)41-26-24-39(37)52-41;/h1-11,14-21,23-30H,12-13,22,31H2;/q-2;+2. The molecule has 7 nitrogen and oxygen atoms in total. The molecule has 3 aromatic heterocycles. The van der Waals surface area contributed by atoms with Gasteiger partial charge in [-0.3, -0.25) is 14.5 Å². The number of aryl methyl sites for hydroxylation is 1. The van der Waals surface area contributed by atoms with E-state index in [1.807, 2.05) is 54.6 Å². The van der Waals surface area contributed by atoms with Crippen LogP contribution in [0.1, 0.15) is 61.9 Å². The molecule has 6 heterocycles. The normalized spacial score (nSPS) is 12.9. The van der Waals surface area contributed by atoms with Gasteiger partial charge in [0, 0.05) is 6.54 Å². The first kappa shape index (κ1) is 36.7. The van der Waals surface area contributed by atoms with E-state index in [0.717, 1.165) is 90.2 Å². The fraction of sp³-hybridized carbons (Fsp3) is 0.0800. The van der Waals surface area contributed by atoms with E-state index in [1.165, 1.54) is 4.90 Å². The number of imide groups is 1. The molecule has 8 heteroatoms. The summed E-state index contributed by atoms with van der Waals surface area (Å²) in [6.45, 7) is 0.342. The summed E-state index contributed by atoms with van der Waals surface area (Å²) in [6, 6.07) is 46.2. The Morgan fingerprint density at radius 3 is 1.28 bits per heavy atom. The topological polar surface area (TPSA) is 91.4 Å². The van der Waals surface area contributed by atoms with Crippen LogP contribution in [0.25, 0.3) is 79.8 Å². The zero-order valence-electron chi connectivity index (χ0n) is 31.3. The fourth-order valence-electron chi connectivity index (χ4n) is 8.12. The van der Waals surface area contributed by atoms with E-state index in [1.54, 1.807) is 24.3 Å². The largest absolute Gasteiger partial charge is 2.00 e. The molecule has 2 amide bonds. The van der Waals surface area contributed by atoms with Crippen LogP contribution in [-0.2, 0) is 22.9 Å². The Balaban J connectivity index is 0.00000436. The minimum Gasteiger partial charge on any atom is -0.657 e. The number of carbonyl (C=O) groups is 2. The number of rotatable bonds is 8. The van der Waals surface area contributed by atoms with Gasteiger partial charge in [0.25, 0.3) is 11.8 Å². The average Bonchev–Trinajstić information content (AvgIpc) is 4.12. The molecule has 8 bridgehead atoms. The summed E-state index contributed by atoms with van der Waals surface area (Å²) in [5.74, 6) is -0.458. The van der Waals surface area contributed by atoms with Gasteiger partial charge in [-0.1, -0.05) is 127 Å². The fourth-order valence-corrected chi connectivity index (χ4v) is 8.12.